The van der Waals surface area contributed by atoms with Crippen molar-refractivity contribution >= 4 is 23.6 Å². The van der Waals surface area contributed by atoms with Crippen LogP contribution in [0.2, 0.25) is 0 Å². The molecule has 0 aromatic heterocycles. The maximum Gasteiger partial charge on any atom is 0.319 e. The molecule has 1 aliphatic rings. The van der Waals surface area contributed by atoms with Gasteiger partial charge in [-0.05, 0) is 31.9 Å². The Morgan fingerprint density at radius 1 is 1.21 bits per heavy atom. The average molecular weight is 333 g/mol. The minimum absolute atomic E-state index is 0.0244. The molecule has 1 aromatic rings. The highest BCUT2D eigenvalue weighted by Gasteiger charge is 2.37. The molecule has 3 amide bonds. The summed E-state index contributed by atoms with van der Waals surface area (Å²) in [6, 6.07) is 6.32. The lowest BCUT2D eigenvalue weighted by atomic mass is 9.99. The van der Waals surface area contributed by atoms with E-state index in [2.05, 4.69) is 10.6 Å². The number of benzene rings is 1. The van der Waals surface area contributed by atoms with Crippen LogP contribution in [0.3, 0.4) is 0 Å². The summed E-state index contributed by atoms with van der Waals surface area (Å²) in [5, 5.41) is 14.6. The second-order valence-electron chi connectivity index (χ2n) is 6.43. The van der Waals surface area contributed by atoms with Gasteiger partial charge in [-0.15, -0.1) is 0 Å². The van der Waals surface area contributed by atoms with Gasteiger partial charge in [0.2, 0.25) is 0 Å². The fraction of sp³-hybridized carbons (Fsp3) is 0.471. The Morgan fingerprint density at radius 2 is 1.88 bits per heavy atom. The summed E-state index contributed by atoms with van der Waals surface area (Å²) in [5.41, 5.74) is 0.765. The number of anilines is 1. The molecule has 1 saturated heterocycles. The molecular weight excluding hydrogens is 310 g/mol. The van der Waals surface area contributed by atoms with E-state index >= 15 is 0 Å². The van der Waals surface area contributed by atoms with Crippen LogP contribution in [0.25, 0.3) is 0 Å². The zero-order valence-corrected chi connectivity index (χ0v) is 14.1. The number of carboxylic acid groups (broad SMARTS) is 1. The Labute approximate surface area is 141 Å². The zero-order chi connectivity index (χ0) is 17.9. The van der Waals surface area contributed by atoms with E-state index in [9.17, 15) is 19.5 Å². The van der Waals surface area contributed by atoms with Gasteiger partial charge >= 0.3 is 12.0 Å². The summed E-state index contributed by atoms with van der Waals surface area (Å²) < 4.78 is 0. The third-order valence-electron chi connectivity index (χ3n) is 4.04. The standard InChI is InChI=1S/C17H23N3O4/c1-10(2)18-17(24)19-14-7-5-4-6-12(14)15(21)20-8-11(3)13(9-20)16(22)23/h4-7,10-11,13H,8-9H2,1-3H3,(H,22,23)(H2,18,19,24)/t11-,13-/m1/s1. The smallest absolute Gasteiger partial charge is 0.319 e. The fourth-order valence-electron chi connectivity index (χ4n) is 2.82. The van der Waals surface area contributed by atoms with Crippen molar-refractivity contribution in [3.8, 4) is 0 Å². The molecule has 0 spiro atoms. The highest BCUT2D eigenvalue weighted by molar-refractivity contribution is 6.03. The van der Waals surface area contributed by atoms with E-state index in [1.165, 1.54) is 4.90 Å². The molecule has 1 aromatic carbocycles. The van der Waals surface area contributed by atoms with Gasteiger partial charge in [0.05, 0.1) is 17.2 Å². The van der Waals surface area contributed by atoms with Crippen molar-refractivity contribution in [3.05, 3.63) is 29.8 Å². The van der Waals surface area contributed by atoms with Crippen molar-refractivity contribution in [1.82, 2.24) is 10.2 Å². The second-order valence-corrected chi connectivity index (χ2v) is 6.43. The molecule has 130 valence electrons. The van der Waals surface area contributed by atoms with Gasteiger partial charge in [0.1, 0.15) is 0 Å². The maximum absolute atomic E-state index is 12.7. The molecule has 7 heteroatoms. The Bertz CT molecular complexity index is 644. The van der Waals surface area contributed by atoms with Gasteiger partial charge in [0.15, 0.2) is 0 Å². The molecule has 7 nitrogen and oxygen atoms in total. The van der Waals surface area contributed by atoms with Crippen LogP contribution in [0, 0.1) is 11.8 Å². The first kappa shape index (κ1) is 17.8. The number of urea groups is 1. The van der Waals surface area contributed by atoms with E-state index in [-0.39, 0.29) is 30.4 Å². The van der Waals surface area contributed by atoms with Crippen LogP contribution in [-0.2, 0) is 4.79 Å². The number of carbonyl (C=O) groups excluding carboxylic acids is 2. The topological polar surface area (TPSA) is 98.7 Å². The number of carboxylic acids is 1. The van der Waals surface area contributed by atoms with Gasteiger partial charge in [-0.2, -0.15) is 0 Å². The Hall–Kier alpha value is -2.57. The summed E-state index contributed by atoms with van der Waals surface area (Å²) in [4.78, 5) is 37.4. The molecule has 0 saturated carbocycles. The first-order chi connectivity index (χ1) is 11.3. The molecule has 0 unspecified atom stereocenters. The lowest BCUT2D eigenvalue weighted by molar-refractivity contribution is -0.142. The third kappa shape index (κ3) is 4.04. The van der Waals surface area contributed by atoms with Crippen molar-refractivity contribution in [3.63, 3.8) is 0 Å². The van der Waals surface area contributed by atoms with E-state index in [0.29, 0.717) is 17.8 Å². The van der Waals surface area contributed by atoms with Crippen LogP contribution in [0.15, 0.2) is 24.3 Å². The van der Waals surface area contributed by atoms with Crippen molar-refractivity contribution in [1.29, 1.82) is 0 Å². The highest BCUT2D eigenvalue weighted by Crippen LogP contribution is 2.26. The minimum Gasteiger partial charge on any atom is -0.481 e. The largest absolute Gasteiger partial charge is 0.481 e. The van der Waals surface area contributed by atoms with Crippen LogP contribution < -0.4 is 10.6 Å². The van der Waals surface area contributed by atoms with Crippen molar-refractivity contribution in [2.45, 2.75) is 26.8 Å². The van der Waals surface area contributed by atoms with Crippen LogP contribution in [0.4, 0.5) is 10.5 Å². The van der Waals surface area contributed by atoms with E-state index in [4.69, 9.17) is 0 Å². The van der Waals surface area contributed by atoms with Crippen molar-refractivity contribution in [2.24, 2.45) is 11.8 Å². The first-order valence-electron chi connectivity index (χ1n) is 7.98. The quantitative estimate of drug-likeness (QED) is 0.785. The van der Waals surface area contributed by atoms with E-state index in [0.717, 1.165) is 0 Å². The molecular formula is C17H23N3O4. The number of aliphatic carboxylic acids is 1. The molecule has 2 rings (SSSR count). The molecule has 24 heavy (non-hydrogen) atoms. The number of hydrogen-bond acceptors (Lipinski definition) is 3. The highest BCUT2D eigenvalue weighted by atomic mass is 16.4. The number of nitrogens with zero attached hydrogens (tertiary/aromatic N) is 1. The van der Waals surface area contributed by atoms with Crippen LogP contribution in [-0.4, -0.2) is 47.0 Å². The molecule has 3 N–H and O–H groups in total. The van der Waals surface area contributed by atoms with Crippen LogP contribution in [0.5, 0.6) is 0 Å². The zero-order valence-electron chi connectivity index (χ0n) is 14.1. The van der Waals surface area contributed by atoms with Gasteiger partial charge < -0.3 is 20.6 Å². The lowest BCUT2D eigenvalue weighted by Crippen LogP contribution is -2.35. The maximum atomic E-state index is 12.7. The third-order valence-corrected chi connectivity index (χ3v) is 4.04. The number of nitrogens with one attached hydrogen (secondary N) is 2. The number of amides is 3. The summed E-state index contributed by atoms with van der Waals surface area (Å²) in [6.45, 7) is 6.08. The van der Waals surface area contributed by atoms with Crippen molar-refractivity contribution in [2.75, 3.05) is 18.4 Å². The van der Waals surface area contributed by atoms with Gasteiger partial charge in [0.25, 0.3) is 5.91 Å². The molecule has 0 bridgehead atoms. The number of carbonyl (C=O) groups is 3. The molecule has 1 aliphatic heterocycles. The predicted molar refractivity (Wildman–Crippen MR) is 89.9 cm³/mol. The minimum atomic E-state index is -0.888. The summed E-state index contributed by atoms with van der Waals surface area (Å²) in [5.74, 6) is -1.82. The molecule has 0 aliphatic carbocycles. The normalized spacial score (nSPS) is 20.1. The molecule has 0 radical (unpaired) electrons. The van der Waals surface area contributed by atoms with Gasteiger partial charge in [0, 0.05) is 19.1 Å². The van der Waals surface area contributed by atoms with Crippen LogP contribution in [0.1, 0.15) is 31.1 Å². The fourth-order valence-corrected chi connectivity index (χ4v) is 2.82. The van der Waals surface area contributed by atoms with E-state index in [1.807, 2.05) is 20.8 Å². The lowest BCUT2D eigenvalue weighted by Gasteiger charge is -2.19. The Morgan fingerprint density at radius 3 is 2.46 bits per heavy atom. The second kappa shape index (κ2) is 7.33. The Kier molecular flexibility index (Phi) is 5.43. The summed E-state index contributed by atoms with van der Waals surface area (Å²) in [6.07, 6.45) is 0. The first-order valence-corrected chi connectivity index (χ1v) is 7.98. The predicted octanol–water partition coefficient (Wildman–Crippen LogP) is 2.01. The monoisotopic (exact) mass is 333 g/mol. The Balaban J connectivity index is 2.16. The molecule has 1 fully saturated rings. The van der Waals surface area contributed by atoms with Crippen molar-refractivity contribution < 1.29 is 19.5 Å². The molecule has 1 heterocycles. The van der Waals surface area contributed by atoms with Crippen LogP contribution >= 0.6 is 0 Å². The number of hydrogen-bond donors (Lipinski definition) is 3. The van der Waals surface area contributed by atoms with Gasteiger partial charge in [-0.1, -0.05) is 19.1 Å². The summed E-state index contributed by atoms with van der Waals surface area (Å²) in [7, 11) is 0. The number of rotatable bonds is 4. The molecule has 2 atom stereocenters. The summed E-state index contributed by atoms with van der Waals surface area (Å²) >= 11 is 0. The average Bonchev–Trinajstić information content (AvgIpc) is 2.88. The number of likely N-dealkylation sites (tertiary alicyclic amines) is 1. The van der Waals surface area contributed by atoms with Gasteiger partial charge in [-0.25, -0.2) is 4.79 Å². The SMILES string of the molecule is CC(C)NC(=O)Nc1ccccc1C(=O)N1C[C@@H](C)[C@H](C(=O)O)C1. The van der Waals surface area contributed by atoms with E-state index < -0.39 is 11.9 Å². The van der Waals surface area contributed by atoms with Gasteiger partial charge in [-0.3, -0.25) is 9.59 Å². The number of para-hydroxylation sites is 1. The van der Waals surface area contributed by atoms with E-state index in [1.54, 1.807) is 24.3 Å².